The molecule has 2 rings (SSSR count). The van der Waals surface area contributed by atoms with Crippen LogP contribution in [0.15, 0.2) is 48.5 Å². The van der Waals surface area contributed by atoms with Gasteiger partial charge in [0.25, 0.3) is 11.6 Å². The van der Waals surface area contributed by atoms with E-state index in [0.29, 0.717) is 12.5 Å². The molecule has 2 atom stereocenters. The quantitative estimate of drug-likeness (QED) is 0.592. The Bertz CT molecular complexity index is 772. The number of hydrogen-bond acceptors (Lipinski definition) is 3. The summed E-state index contributed by atoms with van der Waals surface area (Å²) in [7, 11) is 1.94. The molecule has 0 saturated heterocycles. The third kappa shape index (κ3) is 4.89. The molecule has 0 fully saturated rings. The van der Waals surface area contributed by atoms with Gasteiger partial charge in [0.05, 0.1) is 12.0 Å². The van der Waals surface area contributed by atoms with Gasteiger partial charge in [-0.2, -0.15) is 0 Å². The van der Waals surface area contributed by atoms with Crippen molar-refractivity contribution in [3.05, 3.63) is 69.8 Å². The second-order valence-corrected chi connectivity index (χ2v) is 6.90. The standard InChI is InChI=1S/C20H25N3O3/c1-14(2)17-11-9-16(10-12-17)13-22(4)15(3)20(24)21-18-7-5-6-8-19(18)23(25)26/h5-12,14-15H,13H2,1-4H3,(H,21,24)/p+1/t15-/m0/s1. The van der Waals surface area contributed by atoms with Crippen LogP contribution >= 0.6 is 0 Å². The Hall–Kier alpha value is -2.73. The maximum absolute atomic E-state index is 12.5. The number of carbonyl (C=O) groups excluding carboxylic acids is 1. The molecule has 0 saturated carbocycles. The number of rotatable bonds is 7. The molecule has 0 aliphatic rings. The number of nitro groups is 1. The van der Waals surface area contributed by atoms with Crippen molar-refractivity contribution in [2.75, 3.05) is 12.4 Å². The second kappa shape index (κ2) is 8.58. The molecule has 0 radical (unpaired) electrons. The van der Waals surface area contributed by atoms with E-state index in [1.165, 1.54) is 11.6 Å². The van der Waals surface area contributed by atoms with Crippen LogP contribution in [0.4, 0.5) is 11.4 Å². The minimum Gasteiger partial charge on any atom is -0.324 e. The number of nitro benzene ring substituents is 1. The van der Waals surface area contributed by atoms with Gasteiger partial charge in [-0.25, -0.2) is 0 Å². The molecular weight excluding hydrogens is 330 g/mol. The number of nitrogens with zero attached hydrogens (tertiary/aromatic N) is 1. The van der Waals surface area contributed by atoms with Gasteiger partial charge in [-0.15, -0.1) is 0 Å². The minimum absolute atomic E-state index is 0.102. The van der Waals surface area contributed by atoms with E-state index in [1.54, 1.807) is 18.2 Å². The van der Waals surface area contributed by atoms with Crippen LogP contribution in [0.5, 0.6) is 0 Å². The maximum atomic E-state index is 12.5. The van der Waals surface area contributed by atoms with E-state index in [-0.39, 0.29) is 23.3 Å². The number of amides is 1. The minimum atomic E-state index is -0.493. The summed E-state index contributed by atoms with van der Waals surface area (Å²) < 4.78 is 0. The highest BCUT2D eigenvalue weighted by Crippen LogP contribution is 2.23. The van der Waals surface area contributed by atoms with Crippen LogP contribution in [0.2, 0.25) is 0 Å². The molecule has 26 heavy (non-hydrogen) atoms. The molecule has 2 aromatic carbocycles. The van der Waals surface area contributed by atoms with Gasteiger partial charge in [-0.3, -0.25) is 14.9 Å². The van der Waals surface area contributed by atoms with Crippen LogP contribution in [0.25, 0.3) is 0 Å². The fourth-order valence-electron chi connectivity index (χ4n) is 2.70. The number of benzene rings is 2. The van der Waals surface area contributed by atoms with Crippen molar-refractivity contribution in [3.8, 4) is 0 Å². The summed E-state index contributed by atoms with van der Waals surface area (Å²) in [5.41, 5.74) is 2.56. The molecule has 6 heteroatoms. The van der Waals surface area contributed by atoms with Gasteiger partial charge in [-0.05, 0) is 24.5 Å². The SMILES string of the molecule is CC(C)c1ccc(C[NH+](C)[C@@H](C)C(=O)Nc2ccccc2[N+](=O)[O-])cc1. The lowest BCUT2D eigenvalue weighted by molar-refractivity contribution is -0.907. The van der Waals surface area contributed by atoms with Crippen LogP contribution in [0.1, 0.15) is 37.8 Å². The lowest BCUT2D eigenvalue weighted by atomic mass is 10.0. The lowest BCUT2D eigenvalue weighted by Gasteiger charge is -2.21. The van der Waals surface area contributed by atoms with Crippen LogP contribution < -0.4 is 10.2 Å². The van der Waals surface area contributed by atoms with Crippen molar-refractivity contribution < 1.29 is 14.6 Å². The predicted molar refractivity (Wildman–Crippen MR) is 102 cm³/mol. The van der Waals surface area contributed by atoms with Crippen molar-refractivity contribution in [2.45, 2.75) is 39.3 Å². The largest absolute Gasteiger partial charge is 0.324 e. The van der Waals surface area contributed by atoms with Gasteiger partial charge in [-0.1, -0.05) is 50.2 Å². The molecular formula is C20H26N3O3+. The average Bonchev–Trinajstić information content (AvgIpc) is 2.61. The van der Waals surface area contributed by atoms with Crippen molar-refractivity contribution in [1.82, 2.24) is 0 Å². The number of quaternary nitrogens is 1. The Labute approximate surface area is 154 Å². The highest BCUT2D eigenvalue weighted by Gasteiger charge is 2.24. The highest BCUT2D eigenvalue weighted by atomic mass is 16.6. The fourth-order valence-corrected chi connectivity index (χ4v) is 2.70. The summed E-state index contributed by atoms with van der Waals surface area (Å²) in [4.78, 5) is 24.1. The second-order valence-electron chi connectivity index (χ2n) is 6.90. The molecule has 0 aliphatic heterocycles. The monoisotopic (exact) mass is 356 g/mol. The van der Waals surface area contributed by atoms with E-state index in [4.69, 9.17) is 0 Å². The van der Waals surface area contributed by atoms with Crippen molar-refractivity contribution in [1.29, 1.82) is 0 Å². The van der Waals surface area contributed by atoms with Crippen molar-refractivity contribution in [3.63, 3.8) is 0 Å². The fraction of sp³-hybridized carbons (Fsp3) is 0.350. The van der Waals surface area contributed by atoms with Crippen molar-refractivity contribution >= 4 is 17.3 Å². The van der Waals surface area contributed by atoms with Crippen molar-refractivity contribution in [2.24, 2.45) is 0 Å². The lowest BCUT2D eigenvalue weighted by Crippen LogP contribution is -3.12. The molecule has 2 N–H and O–H groups in total. The van der Waals surface area contributed by atoms with Crippen LogP contribution in [0.3, 0.4) is 0 Å². The number of nitrogens with one attached hydrogen (secondary N) is 2. The molecule has 0 bridgehead atoms. The Morgan fingerprint density at radius 3 is 2.31 bits per heavy atom. The maximum Gasteiger partial charge on any atom is 0.292 e. The first kappa shape index (κ1) is 19.6. The Morgan fingerprint density at radius 1 is 1.12 bits per heavy atom. The molecule has 0 aliphatic carbocycles. The third-order valence-electron chi connectivity index (χ3n) is 4.62. The zero-order valence-electron chi connectivity index (χ0n) is 15.7. The van der Waals surface area contributed by atoms with Crippen LogP contribution in [-0.4, -0.2) is 23.9 Å². The molecule has 6 nitrogen and oxygen atoms in total. The van der Waals surface area contributed by atoms with E-state index in [2.05, 4.69) is 43.4 Å². The highest BCUT2D eigenvalue weighted by molar-refractivity contribution is 5.95. The topological polar surface area (TPSA) is 76.7 Å². The van der Waals surface area contributed by atoms with Gasteiger partial charge in [0.15, 0.2) is 6.04 Å². The third-order valence-corrected chi connectivity index (χ3v) is 4.62. The normalized spacial score (nSPS) is 13.3. The number of para-hydroxylation sites is 2. The Morgan fingerprint density at radius 2 is 1.73 bits per heavy atom. The van der Waals surface area contributed by atoms with Gasteiger partial charge in [0.1, 0.15) is 12.2 Å². The summed E-state index contributed by atoms with van der Waals surface area (Å²) >= 11 is 0. The smallest absolute Gasteiger partial charge is 0.292 e. The van der Waals surface area contributed by atoms with E-state index in [1.807, 2.05) is 14.0 Å². The first-order valence-corrected chi connectivity index (χ1v) is 8.75. The van der Waals surface area contributed by atoms with E-state index in [9.17, 15) is 14.9 Å². The first-order chi connectivity index (χ1) is 12.3. The molecule has 1 amide bonds. The van der Waals surface area contributed by atoms with E-state index in [0.717, 1.165) is 10.5 Å². The zero-order valence-corrected chi connectivity index (χ0v) is 15.7. The van der Waals surface area contributed by atoms with Gasteiger partial charge < -0.3 is 10.2 Å². The average molecular weight is 356 g/mol. The Kier molecular flexibility index (Phi) is 6.46. The molecule has 0 spiro atoms. The van der Waals surface area contributed by atoms with Crippen LogP contribution in [0, 0.1) is 10.1 Å². The summed E-state index contributed by atoms with van der Waals surface area (Å²) in [6.07, 6.45) is 0. The summed E-state index contributed by atoms with van der Waals surface area (Å²) in [6.45, 7) is 6.83. The number of hydrogen-bond donors (Lipinski definition) is 2. The summed E-state index contributed by atoms with van der Waals surface area (Å²) in [5, 5.41) is 13.8. The van der Waals surface area contributed by atoms with Gasteiger partial charge >= 0.3 is 0 Å². The number of anilines is 1. The number of likely N-dealkylation sites (N-methyl/N-ethyl adjacent to an activating group) is 1. The van der Waals surface area contributed by atoms with E-state index < -0.39 is 4.92 Å². The van der Waals surface area contributed by atoms with Gasteiger partial charge in [0, 0.05) is 11.6 Å². The summed E-state index contributed by atoms with van der Waals surface area (Å²) in [6, 6.07) is 14.2. The number of carbonyl (C=O) groups is 1. The molecule has 2 aromatic rings. The molecule has 0 aromatic heterocycles. The Balaban J connectivity index is 2.02. The predicted octanol–water partition coefficient (Wildman–Crippen LogP) is 2.76. The van der Waals surface area contributed by atoms with E-state index >= 15 is 0 Å². The summed E-state index contributed by atoms with van der Waals surface area (Å²) in [5.74, 6) is 0.246. The molecule has 138 valence electrons. The first-order valence-electron chi connectivity index (χ1n) is 8.75. The van der Waals surface area contributed by atoms with Gasteiger partial charge in [0.2, 0.25) is 0 Å². The molecule has 0 heterocycles. The zero-order chi connectivity index (χ0) is 19.3. The van der Waals surface area contributed by atoms with Crippen LogP contribution in [-0.2, 0) is 11.3 Å². The molecule has 1 unspecified atom stereocenters.